The molecule has 1 unspecified atom stereocenters. The summed E-state index contributed by atoms with van der Waals surface area (Å²) in [6, 6.07) is 3.51. The number of hydrogen-bond acceptors (Lipinski definition) is 3. The first-order valence-corrected chi connectivity index (χ1v) is 6.03. The summed E-state index contributed by atoms with van der Waals surface area (Å²) in [7, 11) is 0. The second-order valence-corrected chi connectivity index (χ2v) is 4.56. The van der Waals surface area contributed by atoms with Crippen LogP contribution in [0.5, 0.6) is 0 Å². The van der Waals surface area contributed by atoms with Gasteiger partial charge in [0.1, 0.15) is 0 Å². The van der Waals surface area contributed by atoms with E-state index in [1.807, 2.05) is 24.4 Å². The first-order valence-electron chi connectivity index (χ1n) is 5.15. The van der Waals surface area contributed by atoms with Crippen LogP contribution in [0.3, 0.4) is 0 Å². The summed E-state index contributed by atoms with van der Waals surface area (Å²) in [4.78, 5) is 23.1. The van der Waals surface area contributed by atoms with Crippen molar-refractivity contribution >= 4 is 23.2 Å². The van der Waals surface area contributed by atoms with Crippen LogP contribution in [-0.2, 0) is 16.0 Å². The Bertz CT molecular complexity index is 348. The van der Waals surface area contributed by atoms with Crippen molar-refractivity contribution in [2.45, 2.75) is 32.2 Å². The Labute approximate surface area is 98.3 Å². The lowest BCUT2D eigenvalue weighted by atomic mass is 10.1. The molecule has 0 aliphatic carbocycles. The van der Waals surface area contributed by atoms with E-state index in [4.69, 9.17) is 5.11 Å². The number of carbonyl (C=O) groups excluding carboxylic acids is 1. The number of carboxylic acids is 1. The van der Waals surface area contributed by atoms with E-state index in [0.29, 0.717) is 12.8 Å². The predicted octanol–water partition coefficient (Wildman–Crippen LogP) is 1.66. The van der Waals surface area contributed by atoms with Crippen LogP contribution in [0.1, 0.15) is 24.6 Å². The van der Waals surface area contributed by atoms with Gasteiger partial charge in [-0.15, -0.1) is 11.3 Å². The monoisotopic (exact) mass is 241 g/mol. The molecule has 0 radical (unpaired) electrons. The highest BCUT2D eigenvalue weighted by Crippen LogP contribution is 2.09. The number of carboxylic acid groups (broad SMARTS) is 1. The first kappa shape index (κ1) is 12.7. The van der Waals surface area contributed by atoms with Crippen LogP contribution in [0.25, 0.3) is 0 Å². The van der Waals surface area contributed by atoms with E-state index in [0.717, 1.165) is 4.88 Å². The van der Waals surface area contributed by atoms with Crippen LogP contribution in [0.2, 0.25) is 0 Å². The van der Waals surface area contributed by atoms with Crippen LogP contribution in [0, 0.1) is 0 Å². The van der Waals surface area contributed by atoms with Crippen molar-refractivity contribution in [1.29, 1.82) is 0 Å². The molecular formula is C11H15NO3S. The van der Waals surface area contributed by atoms with E-state index in [2.05, 4.69) is 5.32 Å². The zero-order valence-electron chi connectivity index (χ0n) is 9.10. The molecule has 1 rings (SSSR count). The molecule has 5 heteroatoms. The van der Waals surface area contributed by atoms with Crippen molar-refractivity contribution in [1.82, 2.24) is 5.32 Å². The van der Waals surface area contributed by atoms with Crippen LogP contribution in [0.4, 0.5) is 0 Å². The third kappa shape index (κ3) is 4.44. The van der Waals surface area contributed by atoms with E-state index < -0.39 is 5.97 Å². The molecular weight excluding hydrogens is 226 g/mol. The first-order chi connectivity index (χ1) is 7.61. The van der Waals surface area contributed by atoms with Crippen molar-refractivity contribution < 1.29 is 14.7 Å². The number of hydrogen-bond donors (Lipinski definition) is 2. The molecule has 0 bridgehead atoms. The highest BCUT2D eigenvalue weighted by molar-refractivity contribution is 7.10. The number of thiophene rings is 1. The second-order valence-electron chi connectivity index (χ2n) is 3.53. The summed E-state index contributed by atoms with van der Waals surface area (Å²) in [6.07, 6.45) is 0.933. The highest BCUT2D eigenvalue weighted by Gasteiger charge is 2.14. The maximum atomic E-state index is 11.6. The van der Waals surface area contributed by atoms with E-state index in [-0.39, 0.29) is 18.4 Å². The van der Waals surface area contributed by atoms with Gasteiger partial charge in [-0.05, 0) is 17.9 Å². The summed E-state index contributed by atoms with van der Waals surface area (Å²) >= 11 is 1.52. The standard InChI is InChI=1S/C11H15NO3S/c1-2-8(6-11(14)15)12-10(13)7-9-4-3-5-16-9/h3-5,8H,2,6-7H2,1H3,(H,12,13)(H,14,15). The summed E-state index contributed by atoms with van der Waals surface area (Å²) in [5.74, 6) is -1.00. The van der Waals surface area contributed by atoms with E-state index in [1.54, 1.807) is 0 Å². The molecule has 1 aromatic rings. The molecule has 1 atom stereocenters. The zero-order chi connectivity index (χ0) is 12.0. The maximum absolute atomic E-state index is 11.6. The molecule has 0 aliphatic rings. The number of rotatable bonds is 6. The van der Waals surface area contributed by atoms with Crippen LogP contribution in [-0.4, -0.2) is 23.0 Å². The topological polar surface area (TPSA) is 66.4 Å². The second kappa shape index (κ2) is 6.27. The van der Waals surface area contributed by atoms with Gasteiger partial charge in [-0.25, -0.2) is 0 Å². The zero-order valence-corrected chi connectivity index (χ0v) is 9.92. The minimum atomic E-state index is -0.886. The average molecular weight is 241 g/mol. The fourth-order valence-corrected chi connectivity index (χ4v) is 2.06. The fourth-order valence-electron chi connectivity index (χ4n) is 1.36. The van der Waals surface area contributed by atoms with Gasteiger partial charge >= 0.3 is 5.97 Å². The van der Waals surface area contributed by atoms with Gasteiger partial charge in [0.15, 0.2) is 0 Å². The molecule has 0 spiro atoms. The Hall–Kier alpha value is -1.36. The van der Waals surface area contributed by atoms with Gasteiger partial charge in [0.25, 0.3) is 0 Å². The molecule has 4 nitrogen and oxygen atoms in total. The highest BCUT2D eigenvalue weighted by atomic mass is 32.1. The Balaban J connectivity index is 2.40. The van der Waals surface area contributed by atoms with Gasteiger partial charge in [0.2, 0.25) is 5.91 Å². The fraction of sp³-hybridized carbons (Fsp3) is 0.455. The van der Waals surface area contributed by atoms with Crippen LogP contribution < -0.4 is 5.32 Å². The van der Waals surface area contributed by atoms with Crippen molar-refractivity contribution in [3.63, 3.8) is 0 Å². The summed E-state index contributed by atoms with van der Waals surface area (Å²) in [5.41, 5.74) is 0. The Morgan fingerprint density at radius 3 is 2.81 bits per heavy atom. The summed E-state index contributed by atoms with van der Waals surface area (Å²) in [5, 5.41) is 13.3. The number of carbonyl (C=O) groups is 2. The Morgan fingerprint density at radius 1 is 1.56 bits per heavy atom. The number of nitrogens with one attached hydrogen (secondary N) is 1. The third-order valence-corrected chi connectivity index (χ3v) is 3.07. The minimum absolute atomic E-state index is 0.0212. The number of aliphatic carboxylic acids is 1. The third-order valence-electron chi connectivity index (χ3n) is 2.19. The van der Waals surface area contributed by atoms with E-state index in [9.17, 15) is 9.59 Å². The van der Waals surface area contributed by atoms with Crippen molar-refractivity contribution in [3.05, 3.63) is 22.4 Å². The van der Waals surface area contributed by atoms with Gasteiger partial charge in [0.05, 0.1) is 12.8 Å². The molecule has 0 fully saturated rings. The van der Waals surface area contributed by atoms with Crippen molar-refractivity contribution in [2.75, 3.05) is 0 Å². The van der Waals surface area contributed by atoms with Crippen LogP contribution in [0.15, 0.2) is 17.5 Å². The van der Waals surface area contributed by atoms with Gasteiger partial charge in [-0.3, -0.25) is 9.59 Å². The lowest BCUT2D eigenvalue weighted by Crippen LogP contribution is -2.36. The van der Waals surface area contributed by atoms with E-state index in [1.165, 1.54) is 11.3 Å². The molecule has 1 heterocycles. The maximum Gasteiger partial charge on any atom is 0.305 e. The van der Waals surface area contributed by atoms with Gasteiger partial charge in [-0.2, -0.15) is 0 Å². The van der Waals surface area contributed by atoms with Crippen molar-refractivity contribution in [3.8, 4) is 0 Å². The molecule has 1 amide bonds. The lowest BCUT2D eigenvalue weighted by Gasteiger charge is -2.14. The average Bonchev–Trinajstić information content (AvgIpc) is 2.68. The largest absolute Gasteiger partial charge is 0.481 e. The lowest BCUT2D eigenvalue weighted by molar-refractivity contribution is -0.137. The Morgan fingerprint density at radius 2 is 2.31 bits per heavy atom. The molecule has 16 heavy (non-hydrogen) atoms. The molecule has 0 aliphatic heterocycles. The summed E-state index contributed by atoms with van der Waals surface area (Å²) in [6.45, 7) is 1.86. The van der Waals surface area contributed by atoms with Crippen LogP contribution >= 0.6 is 11.3 Å². The SMILES string of the molecule is CCC(CC(=O)O)NC(=O)Cc1cccs1. The molecule has 88 valence electrons. The molecule has 1 aromatic heterocycles. The Kier molecular flexibility index (Phi) is 4.98. The molecule has 0 saturated heterocycles. The molecule has 0 saturated carbocycles. The van der Waals surface area contributed by atoms with Crippen molar-refractivity contribution in [2.24, 2.45) is 0 Å². The smallest absolute Gasteiger partial charge is 0.305 e. The predicted molar refractivity (Wildman–Crippen MR) is 62.5 cm³/mol. The van der Waals surface area contributed by atoms with E-state index >= 15 is 0 Å². The minimum Gasteiger partial charge on any atom is -0.481 e. The molecule has 2 N–H and O–H groups in total. The quantitative estimate of drug-likeness (QED) is 0.796. The summed E-state index contributed by atoms with van der Waals surface area (Å²) < 4.78 is 0. The molecule has 0 aromatic carbocycles. The van der Waals surface area contributed by atoms with Gasteiger partial charge in [0, 0.05) is 10.9 Å². The number of amides is 1. The van der Waals surface area contributed by atoms with Gasteiger partial charge in [-0.1, -0.05) is 13.0 Å². The normalized spacial score (nSPS) is 12.1. The van der Waals surface area contributed by atoms with Gasteiger partial charge < -0.3 is 10.4 Å².